The number of carbonyl (C=O) groups excluding carboxylic acids is 1. The molecule has 5 rings (SSSR count). The van der Waals surface area contributed by atoms with Crippen molar-refractivity contribution in [3.63, 3.8) is 0 Å². The first-order valence-electron chi connectivity index (χ1n) is 7.61. The molecule has 0 radical (unpaired) electrons. The monoisotopic (exact) mass is 312 g/mol. The van der Waals surface area contributed by atoms with Crippen LogP contribution in [0.25, 0.3) is 22.5 Å². The second-order valence-electron chi connectivity index (χ2n) is 5.73. The molecule has 0 spiro atoms. The second-order valence-corrected chi connectivity index (χ2v) is 5.73. The van der Waals surface area contributed by atoms with E-state index in [1.54, 1.807) is 25.0 Å². The molecule has 0 N–H and O–H groups in total. The van der Waals surface area contributed by atoms with Gasteiger partial charge in [0.15, 0.2) is 5.78 Å². The first-order valence-corrected chi connectivity index (χ1v) is 7.61. The van der Waals surface area contributed by atoms with Gasteiger partial charge in [0, 0.05) is 47.3 Å². The quantitative estimate of drug-likeness (QED) is 0.503. The summed E-state index contributed by atoms with van der Waals surface area (Å²) in [5.41, 5.74) is 5.30. The van der Waals surface area contributed by atoms with Crippen LogP contribution < -0.4 is 0 Å². The number of imidazole rings is 2. The van der Waals surface area contributed by atoms with Crippen molar-refractivity contribution in [3.8, 4) is 22.5 Å². The molecule has 0 amide bonds. The minimum absolute atomic E-state index is 0.0592. The number of carbonyl (C=O) groups is 1. The average Bonchev–Trinajstić information content (AvgIpc) is 3.36. The SMILES string of the molecule is O=C1c2cc(-n3ccnc3)ccc2-c2ccc(-n3ccnc3)cc21. The number of hydrogen-bond acceptors (Lipinski definition) is 3. The molecule has 5 nitrogen and oxygen atoms in total. The molecule has 2 aromatic heterocycles. The van der Waals surface area contributed by atoms with Gasteiger partial charge in [-0.15, -0.1) is 0 Å². The number of benzene rings is 2. The van der Waals surface area contributed by atoms with E-state index >= 15 is 0 Å². The van der Waals surface area contributed by atoms with Crippen LogP contribution in [-0.4, -0.2) is 24.9 Å². The van der Waals surface area contributed by atoms with Crippen molar-refractivity contribution >= 4 is 5.78 Å². The Morgan fingerprint density at radius 1 is 0.667 bits per heavy atom. The Kier molecular flexibility index (Phi) is 2.58. The molecule has 4 aromatic rings. The zero-order valence-electron chi connectivity index (χ0n) is 12.6. The maximum absolute atomic E-state index is 12.9. The van der Waals surface area contributed by atoms with Gasteiger partial charge in [-0.25, -0.2) is 9.97 Å². The standard InChI is InChI=1S/C19H12N4O/c24-19-17-9-13(22-7-5-20-11-22)1-3-15(17)16-4-2-14(10-18(16)19)23-8-6-21-12-23/h1-12H. The fraction of sp³-hybridized carbons (Fsp3) is 0. The van der Waals surface area contributed by atoms with Gasteiger partial charge in [0.1, 0.15) is 0 Å². The van der Waals surface area contributed by atoms with Crippen LogP contribution in [-0.2, 0) is 0 Å². The molecular formula is C19H12N4O. The first kappa shape index (κ1) is 13.0. The van der Waals surface area contributed by atoms with Crippen molar-refractivity contribution in [1.29, 1.82) is 0 Å². The highest BCUT2D eigenvalue weighted by atomic mass is 16.1. The molecule has 0 fully saturated rings. The van der Waals surface area contributed by atoms with E-state index in [4.69, 9.17) is 0 Å². The van der Waals surface area contributed by atoms with Gasteiger partial charge in [-0.2, -0.15) is 0 Å². The van der Waals surface area contributed by atoms with Gasteiger partial charge in [0.25, 0.3) is 0 Å². The van der Waals surface area contributed by atoms with E-state index in [0.717, 1.165) is 33.6 Å². The van der Waals surface area contributed by atoms with Crippen molar-refractivity contribution in [1.82, 2.24) is 19.1 Å². The highest BCUT2D eigenvalue weighted by Crippen LogP contribution is 2.38. The van der Waals surface area contributed by atoms with Crippen LogP contribution in [0.2, 0.25) is 0 Å². The molecule has 24 heavy (non-hydrogen) atoms. The van der Waals surface area contributed by atoms with Crippen LogP contribution in [0.1, 0.15) is 15.9 Å². The number of hydrogen-bond donors (Lipinski definition) is 0. The topological polar surface area (TPSA) is 52.7 Å². The van der Waals surface area contributed by atoms with Crippen LogP contribution in [0.5, 0.6) is 0 Å². The lowest BCUT2D eigenvalue weighted by molar-refractivity contribution is 0.104. The second kappa shape index (κ2) is 4.76. The van der Waals surface area contributed by atoms with E-state index in [2.05, 4.69) is 9.97 Å². The number of fused-ring (bicyclic) bond motifs is 3. The van der Waals surface area contributed by atoms with Crippen LogP contribution in [0.15, 0.2) is 73.8 Å². The molecule has 0 saturated heterocycles. The predicted molar refractivity (Wildman–Crippen MR) is 89.6 cm³/mol. The summed E-state index contributed by atoms with van der Waals surface area (Å²) < 4.78 is 3.79. The summed E-state index contributed by atoms with van der Waals surface area (Å²) in [5, 5.41) is 0. The Morgan fingerprint density at radius 2 is 1.17 bits per heavy atom. The Labute approximate surface area is 137 Å². The number of nitrogens with zero attached hydrogens (tertiary/aromatic N) is 4. The Hall–Kier alpha value is -3.47. The van der Waals surface area contributed by atoms with Crippen molar-refractivity contribution in [2.45, 2.75) is 0 Å². The Morgan fingerprint density at radius 3 is 1.58 bits per heavy atom. The lowest BCUT2D eigenvalue weighted by atomic mass is 10.0. The average molecular weight is 312 g/mol. The highest BCUT2D eigenvalue weighted by molar-refractivity contribution is 6.22. The van der Waals surface area contributed by atoms with Gasteiger partial charge in [0.05, 0.1) is 12.7 Å². The number of rotatable bonds is 2. The molecule has 114 valence electrons. The zero-order chi connectivity index (χ0) is 16.1. The molecule has 0 aliphatic heterocycles. The lowest BCUT2D eigenvalue weighted by Gasteiger charge is -2.06. The number of aromatic nitrogens is 4. The molecule has 1 aliphatic carbocycles. The molecular weight excluding hydrogens is 300 g/mol. The summed E-state index contributed by atoms with van der Waals surface area (Å²) in [6.07, 6.45) is 10.6. The van der Waals surface area contributed by atoms with E-state index < -0.39 is 0 Å². The number of ketones is 1. The minimum Gasteiger partial charge on any atom is -0.306 e. The highest BCUT2D eigenvalue weighted by Gasteiger charge is 2.27. The van der Waals surface area contributed by atoms with Gasteiger partial charge in [-0.05, 0) is 35.4 Å². The van der Waals surface area contributed by atoms with Gasteiger partial charge in [-0.1, -0.05) is 12.1 Å². The molecule has 1 aliphatic rings. The zero-order valence-corrected chi connectivity index (χ0v) is 12.6. The summed E-state index contributed by atoms with van der Waals surface area (Å²) >= 11 is 0. The van der Waals surface area contributed by atoms with Crippen LogP contribution >= 0.6 is 0 Å². The lowest BCUT2D eigenvalue weighted by Crippen LogP contribution is -1.99. The van der Waals surface area contributed by atoms with E-state index in [1.165, 1.54) is 0 Å². The summed E-state index contributed by atoms with van der Waals surface area (Å²) in [5.74, 6) is 0.0592. The molecule has 2 aromatic carbocycles. The van der Waals surface area contributed by atoms with Crippen molar-refractivity contribution in [2.75, 3.05) is 0 Å². The molecule has 0 atom stereocenters. The van der Waals surface area contributed by atoms with E-state index in [-0.39, 0.29) is 5.78 Å². The molecule has 0 saturated carbocycles. The molecule has 0 bridgehead atoms. The summed E-state index contributed by atoms with van der Waals surface area (Å²) in [7, 11) is 0. The largest absolute Gasteiger partial charge is 0.306 e. The maximum atomic E-state index is 12.9. The first-order chi connectivity index (χ1) is 11.8. The third kappa shape index (κ3) is 1.78. The third-order valence-corrected chi connectivity index (χ3v) is 4.39. The van der Waals surface area contributed by atoms with Crippen LogP contribution in [0, 0.1) is 0 Å². The molecule has 2 heterocycles. The van der Waals surface area contributed by atoms with Crippen LogP contribution in [0.3, 0.4) is 0 Å². The van der Waals surface area contributed by atoms with E-state index in [9.17, 15) is 4.79 Å². The Bertz CT molecular complexity index is 977. The summed E-state index contributed by atoms with van der Waals surface area (Å²) in [6.45, 7) is 0. The van der Waals surface area contributed by atoms with Gasteiger partial charge >= 0.3 is 0 Å². The molecule has 5 heteroatoms. The van der Waals surface area contributed by atoms with Crippen molar-refractivity contribution in [2.24, 2.45) is 0 Å². The normalized spacial score (nSPS) is 12.2. The van der Waals surface area contributed by atoms with Gasteiger partial charge < -0.3 is 9.13 Å². The predicted octanol–water partition coefficient (Wildman–Crippen LogP) is 3.27. The third-order valence-electron chi connectivity index (χ3n) is 4.39. The smallest absolute Gasteiger partial charge is 0.194 e. The van der Waals surface area contributed by atoms with E-state index in [1.807, 2.05) is 57.9 Å². The fourth-order valence-corrected chi connectivity index (χ4v) is 3.20. The van der Waals surface area contributed by atoms with Gasteiger partial charge in [-0.3, -0.25) is 4.79 Å². The summed E-state index contributed by atoms with van der Waals surface area (Å²) in [4.78, 5) is 21.0. The minimum atomic E-state index is 0.0592. The van der Waals surface area contributed by atoms with Crippen molar-refractivity contribution < 1.29 is 4.79 Å². The maximum Gasteiger partial charge on any atom is 0.194 e. The van der Waals surface area contributed by atoms with Crippen LogP contribution in [0.4, 0.5) is 0 Å². The Balaban J connectivity index is 1.64. The summed E-state index contributed by atoms with van der Waals surface area (Å²) in [6, 6.07) is 11.9. The van der Waals surface area contributed by atoms with Crippen molar-refractivity contribution in [3.05, 3.63) is 85.0 Å². The fourth-order valence-electron chi connectivity index (χ4n) is 3.20. The van der Waals surface area contributed by atoms with Gasteiger partial charge in [0.2, 0.25) is 0 Å². The van der Waals surface area contributed by atoms with E-state index in [0.29, 0.717) is 0 Å². The molecule has 0 unspecified atom stereocenters.